The van der Waals surface area contributed by atoms with Crippen LogP contribution in [0.3, 0.4) is 0 Å². The maximum absolute atomic E-state index is 11.1. The monoisotopic (exact) mass is 346 g/mol. The van der Waals surface area contributed by atoms with Crippen LogP contribution in [-0.4, -0.2) is 57.1 Å². The van der Waals surface area contributed by atoms with Crippen LogP contribution in [0.5, 0.6) is 0 Å². The van der Waals surface area contributed by atoms with Crippen molar-refractivity contribution < 1.29 is 21.6 Å². The van der Waals surface area contributed by atoms with E-state index in [1.54, 1.807) is 0 Å². The van der Waals surface area contributed by atoms with Gasteiger partial charge >= 0.3 is 16.4 Å². The Bertz CT molecular complexity index is 362. The third-order valence-electron chi connectivity index (χ3n) is 3.09. The van der Waals surface area contributed by atoms with Gasteiger partial charge in [-0.1, -0.05) is 64.7 Å². The molecule has 2 N–H and O–H groups in total. The first-order valence-corrected chi connectivity index (χ1v) is 9.17. The summed E-state index contributed by atoms with van der Waals surface area (Å²) in [6.07, 6.45) is 11.5. The Labute approximate surface area is 157 Å². The van der Waals surface area contributed by atoms with Gasteiger partial charge in [-0.05, 0) is 6.42 Å². The first-order valence-electron chi connectivity index (χ1n) is 7.83. The normalized spacial score (nSPS) is 11.0. The van der Waals surface area contributed by atoms with Gasteiger partial charge in [-0.25, -0.2) is 8.98 Å². The Kier molecular flexibility index (Phi) is 18.1. The summed E-state index contributed by atoms with van der Waals surface area (Å²) in [5.41, 5.74) is 4.95. The van der Waals surface area contributed by atoms with Crippen molar-refractivity contribution in [2.24, 2.45) is 5.73 Å². The van der Waals surface area contributed by atoms with Gasteiger partial charge in [0, 0.05) is 29.6 Å². The molecule has 0 aromatic heterocycles. The average molecular weight is 346 g/mol. The van der Waals surface area contributed by atoms with E-state index < -0.39 is 22.9 Å². The van der Waals surface area contributed by atoms with Crippen molar-refractivity contribution in [2.75, 3.05) is 13.2 Å². The average Bonchev–Trinajstić information content (AvgIpc) is 2.44. The summed E-state index contributed by atoms with van der Waals surface area (Å²) in [6, 6.07) is 0. The van der Waals surface area contributed by atoms with E-state index in [4.69, 9.17) is 5.73 Å². The predicted octanol–water partition coefficient (Wildman–Crippen LogP) is 2.29. The number of nitrogens with two attached hydrogens (primary N) is 1. The molecule has 0 atom stereocenters. The van der Waals surface area contributed by atoms with E-state index in [0.29, 0.717) is 6.42 Å². The zero-order valence-electron chi connectivity index (χ0n) is 14.0. The van der Waals surface area contributed by atoms with E-state index in [9.17, 15) is 13.2 Å². The van der Waals surface area contributed by atoms with Crippen molar-refractivity contribution in [2.45, 2.75) is 71.1 Å². The minimum Gasteiger partial charge on any atom is -0.323 e. The molecule has 22 heavy (non-hydrogen) atoms. The molecule has 0 aromatic rings. The molecule has 0 fully saturated rings. The van der Waals surface area contributed by atoms with Gasteiger partial charge < -0.3 is 9.92 Å². The van der Waals surface area contributed by atoms with Gasteiger partial charge in [0.05, 0.1) is 13.2 Å². The summed E-state index contributed by atoms with van der Waals surface area (Å²) in [5.74, 6) is -1.02. The minimum absolute atomic E-state index is 0. The standard InChI is InChI=1S/C14H29NO5S.Na/c1-2-3-4-5-6-7-8-9-10-11-12-19-21(17,18)20-14(16)13-15;/h2-13,15H2,1H3;. The van der Waals surface area contributed by atoms with Crippen LogP contribution in [-0.2, 0) is 23.6 Å². The fourth-order valence-electron chi connectivity index (χ4n) is 1.92. The van der Waals surface area contributed by atoms with E-state index in [1.165, 1.54) is 44.9 Å². The Morgan fingerprint density at radius 2 is 1.36 bits per heavy atom. The fourth-order valence-corrected chi connectivity index (χ4v) is 2.59. The van der Waals surface area contributed by atoms with Crippen LogP contribution in [0.1, 0.15) is 71.1 Å². The quantitative estimate of drug-likeness (QED) is 0.383. The molecule has 0 aromatic carbocycles. The van der Waals surface area contributed by atoms with Gasteiger partial charge in [0.2, 0.25) is 0 Å². The number of hydrogen-bond acceptors (Lipinski definition) is 6. The molecular formula is C14H29NNaO5S. The van der Waals surface area contributed by atoms with Crippen LogP contribution in [0.25, 0.3) is 0 Å². The molecule has 0 saturated heterocycles. The van der Waals surface area contributed by atoms with Crippen molar-refractivity contribution in [1.82, 2.24) is 0 Å². The molecule has 0 spiro atoms. The van der Waals surface area contributed by atoms with Crippen LogP contribution in [0.4, 0.5) is 0 Å². The molecule has 6 nitrogen and oxygen atoms in total. The molecule has 127 valence electrons. The largest absolute Gasteiger partial charge is 0.451 e. The molecule has 0 aliphatic heterocycles. The molecule has 1 radical (unpaired) electrons. The molecule has 0 rings (SSSR count). The summed E-state index contributed by atoms with van der Waals surface area (Å²) in [6.45, 7) is 1.76. The van der Waals surface area contributed by atoms with Gasteiger partial charge in [-0.3, -0.25) is 0 Å². The zero-order valence-corrected chi connectivity index (χ0v) is 16.8. The Morgan fingerprint density at radius 3 is 1.82 bits per heavy atom. The Balaban J connectivity index is 0. The first kappa shape index (κ1) is 24.6. The molecule has 0 saturated carbocycles. The molecule has 0 aliphatic rings. The topological polar surface area (TPSA) is 95.7 Å². The number of carbonyl (C=O) groups is 1. The molecule has 0 amide bonds. The third kappa shape index (κ3) is 16.7. The molecule has 0 aliphatic carbocycles. The first-order chi connectivity index (χ1) is 10.0. The number of unbranched alkanes of at least 4 members (excludes halogenated alkanes) is 9. The molecule has 0 bridgehead atoms. The summed E-state index contributed by atoms with van der Waals surface area (Å²) >= 11 is 0. The molecule has 8 heteroatoms. The summed E-state index contributed by atoms with van der Waals surface area (Å²) in [7, 11) is -4.23. The maximum Gasteiger partial charge on any atom is 0.451 e. The van der Waals surface area contributed by atoms with Crippen molar-refractivity contribution in [3.05, 3.63) is 0 Å². The Morgan fingerprint density at radius 1 is 0.909 bits per heavy atom. The maximum atomic E-state index is 11.1. The van der Waals surface area contributed by atoms with Crippen molar-refractivity contribution in [3.8, 4) is 0 Å². The summed E-state index contributed by atoms with van der Waals surface area (Å²) < 4.78 is 30.9. The van der Waals surface area contributed by atoms with E-state index in [2.05, 4.69) is 15.3 Å². The second-order valence-corrected chi connectivity index (χ2v) is 6.29. The van der Waals surface area contributed by atoms with Crippen molar-refractivity contribution in [3.63, 3.8) is 0 Å². The summed E-state index contributed by atoms with van der Waals surface area (Å²) in [4.78, 5) is 10.7. The van der Waals surface area contributed by atoms with Gasteiger partial charge in [0.1, 0.15) is 0 Å². The van der Waals surface area contributed by atoms with Crippen LogP contribution >= 0.6 is 0 Å². The van der Waals surface area contributed by atoms with Crippen molar-refractivity contribution in [1.29, 1.82) is 0 Å². The van der Waals surface area contributed by atoms with Crippen LogP contribution in [0.2, 0.25) is 0 Å². The SMILES string of the molecule is CCCCCCCCCCCCOS(=O)(=O)OC(=O)CN.[Na]. The van der Waals surface area contributed by atoms with E-state index in [1.807, 2.05) is 0 Å². The van der Waals surface area contributed by atoms with E-state index in [0.717, 1.165) is 12.8 Å². The van der Waals surface area contributed by atoms with Crippen LogP contribution < -0.4 is 5.73 Å². The summed E-state index contributed by atoms with van der Waals surface area (Å²) in [5, 5.41) is 0. The minimum atomic E-state index is -4.23. The Hall–Kier alpha value is 0.340. The molecule has 0 unspecified atom stereocenters. The molecule has 0 heterocycles. The number of carbonyl (C=O) groups excluding carboxylic acids is 1. The molecular weight excluding hydrogens is 317 g/mol. The van der Waals surface area contributed by atoms with Gasteiger partial charge in [-0.15, -0.1) is 0 Å². The zero-order chi connectivity index (χ0) is 16.0. The van der Waals surface area contributed by atoms with Crippen LogP contribution in [0, 0.1) is 0 Å². The van der Waals surface area contributed by atoms with Gasteiger partial charge in [-0.2, -0.15) is 8.42 Å². The van der Waals surface area contributed by atoms with E-state index in [-0.39, 0.29) is 36.2 Å². The number of hydrogen-bond donors (Lipinski definition) is 1. The third-order valence-corrected chi connectivity index (χ3v) is 3.93. The predicted molar refractivity (Wildman–Crippen MR) is 87.6 cm³/mol. The van der Waals surface area contributed by atoms with Gasteiger partial charge in [0.25, 0.3) is 0 Å². The second-order valence-electron chi connectivity index (χ2n) is 5.07. The van der Waals surface area contributed by atoms with Gasteiger partial charge in [0.15, 0.2) is 0 Å². The van der Waals surface area contributed by atoms with Crippen molar-refractivity contribution >= 4 is 45.9 Å². The second kappa shape index (κ2) is 16.2. The fraction of sp³-hybridized carbons (Fsp3) is 0.929. The van der Waals surface area contributed by atoms with E-state index >= 15 is 0 Å². The smallest absolute Gasteiger partial charge is 0.323 e. The van der Waals surface area contributed by atoms with Crippen LogP contribution in [0.15, 0.2) is 0 Å². The number of rotatable bonds is 14.